The van der Waals surface area contributed by atoms with Crippen molar-refractivity contribution in [2.75, 3.05) is 6.61 Å². The molecule has 0 aromatic rings. The SMILES string of the molecule is C[C@H]1COC(=O)CCC(=O)O1. The molecule has 0 spiro atoms. The summed E-state index contributed by atoms with van der Waals surface area (Å²) in [6.07, 6.45) is -0.0545. The molecule has 1 fully saturated rings. The van der Waals surface area contributed by atoms with Gasteiger partial charge in [0.25, 0.3) is 0 Å². The van der Waals surface area contributed by atoms with Crippen molar-refractivity contribution < 1.29 is 19.1 Å². The Morgan fingerprint density at radius 3 is 2.64 bits per heavy atom. The van der Waals surface area contributed by atoms with E-state index < -0.39 is 0 Å². The van der Waals surface area contributed by atoms with Gasteiger partial charge in [0.2, 0.25) is 0 Å². The summed E-state index contributed by atoms with van der Waals surface area (Å²) in [6.45, 7) is 1.86. The van der Waals surface area contributed by atoms with E-state index >= 15 is 0 Å². The van der Waals surface area contributed by atoms with Crippen LogP contribution in [0.5, 0.6) is 0 Å². The zero-order valence-electron chi connectivity index (χ0n) is 6.33. The summed E-state index contributed by atoms with van der Waals surface area (Å²) in [4.78, 5) is 21.5. The highest BCUT2D eigenvalue weighted by Gasteiger charge is 2.17. The normalized spacial score (nSPS) is 26.5. The lowest BCUT2D eigenvalue weighted by Gasteiger charge is -2.16. The Bertz CT molecular complexity index is 175. The third-order valence-electron chi connectivity index (χ3n) is 1.34. The lowest BCUT2D eigenvalue weighted by Crippen LogP contribution is -2.26. The molecule has 0 unspecified atom stereocenters. The summed E-state index contributed by atoms with van der Waals surface area (Å²) < 4.78 is 9.55. The first-order valence-corrected chi connectivity index (χ1v) is 3.53. The van der Waals surface area contributed by atoms with Gasteiger partial charge in [-0.05, 0) is 6.92 Å². The average molecular weight is 158 g/mol. The number of carbonyl (C=O) groups excluding carboxylic acids is 2. The van der Waals surface area contributed by atoms with Crippen molar-refractivity contribution in [3.05, 3.63) is 0 Å². The maximum atomic E-state index is 10.8. The van der Waals surface area contributed by atoms with E-state index in [1.54, 1.807) is 6.92 Å². The maximum Gasteiger partial charge on any atom is 0.306 e. The van der Waals surface area contributed by atoms with E-state index in [1.165, 1.54) is 0 Å². The molecule has 1 heterocycles. The predicted octanol–water partition coefficient (Wildman–Crippen LogP) is 0.255. The molecule has 0 radical (unpaired) electrons. The molecule has 0 bridgehead atoms. The second-order valence-electron chi connectivity index (χ2n) is 2.48. The fourth-order valence-electron chi connectivity index (χ4n) is 0.804. The lowest BCUT2D eigenvalue weighted by molar-refractivity contribution is -0.164. The molecule has 1 aliphatic rings. The minimum Gasteiger partial charge on any atom is -0.462 e. The van der Waals surface area contributed by atoms with Crippen molar-refractivity contribution >= 4 is 11.9 Å². The van der Waals surface area contributed by atoms with E-state index in [2.05, 4.69) is 0 Å². The lowest BCUT2D eigenvalue weighted by atomic mass is 10.3. The molecule has 1 atom stereocenters. The van der Waals surface area contributed by atoms with Crippen LogP contribution in [0.3, 0.4) is 0 Å². The van der Waals surface area contributed by atoms with Crippen molar-refractivity contribution in [3.8, 4) is 0 Å². The van der Waals surface area contributed by atoms with Gasteiger partial charge >= 0.3 is 11.9 Å². The van der Waals surface area contributed by atoms with Crippen LogP contribution in [0.25, 0.3) is 0 Å². The molecular formula is C7H10O4. The van der Waals surface area contributed by atoms with Gasteiger partial charge in [0.15, 0.2) is 0 Å². The van der Waals surface area contributed by atoms with Gasteiger partial charge in [-0.1, -0.05) is 0 Å². The highest BCUT2D eigenvalue weighted by Crippen LogP contribution is 2.04. The fourth-order valence-corrected chi connectivity index (χ4v) is 0.804. The van der Waals surface area contributed by atoms with Crippen LogP contribution in [-0.4, -0.2) is 24.6 Å². The summed E-state index contributed by atoms with van der Waals surface area (Å²) in [7, 11) is 0. The van der Waals surface area contributed by atoms with Crippen LogP contribution in [0.15, 0.2) is 0 Å². The number of hydrogen-bond donors (Lipinski definition) is 0. The topological polar surface area (TPSA) is 52.6 Å². The van der Waals surface area contributed by atoms with Crippen LogP contribution >= 0.6 is 0 Å². The third-order valence-corrected chi connectivity index (χ3v) is 1.34. The van der Waals surface area contributed by atoms with Crippen LogP contribution in [0.1, 0.15) is 19.8 Å². The highest BCUT2D eigenvalue weighted by molar-refractivity contribution is 5.78. The Morgan fingerprint density at radius 1 is 1.27 bits per heavy atom. The summed E-state index contributed by atoms with van der Waals surface area (Å²) in [5.41, 5.74) is 0. The van der Waals surface area contributed by atoms with Gasteiger partial charge < -0.3 is 9.47 Å². The molecule has 0 aromatic heterocycles. The van der Waals surface area contributed by atoms with E-state index in [9.17, 15) is 9.59 Å². The molecule has 1 rings (SSSR count). The smallest absolute Gasteiger partial charge is 0.306 e. The number of rotatable bonds is 0. The van der Waals surface area contributed by atoms with Crippen molar-refractivity contribution in [3.63, 3.8) is 0 Å². The van der Waals surface area contributed by atoms with Crippen LogP contribution < -0.4 is 0 Å². The van der Waals surface area contributed by atoms with E-state index in [1.807, 2.05) is 0 Å². The second kappa shape index (κ2) is 3.37. The molecule has 0 saturated carbocycles. The highest BCUT2D eigenvalue weighted by atomic mass is 16.6. The second-order valence-corrected chi connectivity index (χ2v) is 2.48. The molecular weight excluding hydrogens is 148 g/mol. The van der Waals surface area contributed by atoms with Gasteiger partial charge in [0, 0.05) is 0 Å². The molecule has 0 aliphatic carbocycles. The molecule has 0 N–H and O–H groups in total. The van der Waals surface area contributed by atoms with Gasteiger partial charge in [-0.2, -0.15) is 0 Å². The van der Waals surface area contributed by atoms with Gasteiger partial charge in [-0.3, -0.25) is 9.59 Å². The Kier molecular flexibility index (Phi) is 2.46. The van der Waals surface area contributed by atoms with E-state index in [-0.39, 0.29) is 37.5 Å². The zero-order valence-corrected chi connectivity index (χ0v) is 6.33. The number of hydrogen-bond acceptors (Lipinski definition) is 4. The minimum absolute atomic E-state index is 0.128. The molecule has 0 aromatic carbocycles. The van der Waals surface area contributed by atoms with Gasteiger partial charge in [-0.25, -0.2) is 0 Å². The molecule has 1 aliphatic heterocycles. The Labute approximate surface area is 64.5 Å². The summed E-state index contributed by atoms with van der Waals surface area (Å²) in [5, 5.41) is 0. The van der Waals surface area contributed by atoms with Crippen LogP contribution in [0.2, 0.25) is 0 Å². The van der Waals surface area contributed by atoms with E-state index in [0.29, 0.717) is 0 Å². The largest absolute Gasteiger partial charge is 0.462 e. The van der Waals surface area contributed by atoms with Gasteiger partial charge in [0.05, 0.1) is 12.8 Å². The van der Waals surface area contributed by atoms with Crippen molar-refractivity contribution in [2.45, 2.75) is 25.9 Å². The first-order chi connectivity index (χ1) is 5.18. The summed E-state index contributed by atoms with van der Waals surface area (Å²) >= 11 is 0. The van der Waals surface area contributed by atoms with Gasteiger partial charge in [0.1, 0.15) is 12.7 Å². The maximum absolute atomic E-state index is 10.8. The molecule has 1 saturated heterocycles. The van der Waals surface area contributed by atoms with Crippen molar-refractivity contribution in [1.82, 2.24) is 0 Å². The van der Waals surface area contributed by atoms with Crippen molar-refractivity contribution in [1.29, 1.82) is 0 Å². The molecule has 0 amide bonds. The quantitative estimate of drug-likeness (QED) is 0.474. The van der Waals surface area contributed by atoms with Crippen LogP contribution in [0, 0.1) is 0 Å². The Balaban J connectivity index is 2.47. The summed E-state index contributed by atoms with van der Waals surface area (Å²) in [5.74, 6) is -0.650. The minimum atomic E-state index is -0.325. The van der Waals surface area contributed by atoms with Crippen molar-refractivity contribution in [2.24, 2.45) is 0 Å². The number of carbonyl (C=O) groups is 2. The molecule has 4 nitrogen and oxygen atoms in total. The number of ether oxygens (including phenoxy) is 2. The van der Waals surface area contributed by atoms with E-state index in [0.717, 1.165) is 0 Å². The molecule has 11 heavy (non-hydrogen) atoms. The zero-order chi connectivity index (χ0) is 8.27. The standard InChI is InChI=1S/C7H10O4/c1-5-4-10-6(8)2-3-7(9)11-5/h5H,2-4H2,1H3/t5-/m0/s1. The number of cyclic esters (lactones) is 2. The van der Waals surface area contributed by atoms with E-state index in [4.69, 9.17) is 9.47 Å². The first kappa shape index (κ1) is 8.04. The van der Waals surface area contributed by atoms with Crippen LogP contribution in [-0.2, 0) is 19.1 Å². The first-order valence-electron chi connectivity index (χ1n) is 3.53. The fraction of sp³-hybridized carbons (Fsp3) is 0.714. The molecule has 4 heteroatoms. The predicted molar refractivity (Wildman–Crippen MR) is 35.7 cm³/mol. The van der Waals surface area contributed by atoms with Gasteiger partial charge in [-0.15, -0.1) is 0 Å². The monoisotopic (exact) mass is 158 g/mol. The van der Waals surface area contributed by atoms with Crippen LogP contribution in [0.4, 0.5) is 0 Å². The average Bonchev–Trinajstić information content (AvgIpc) is 1.95. The Hall–Kier alpha value is -1.06. The third kappa shape index (κ3) is 2.57. The summed E-state index contributed by atoms with van der Waals surface area (Å²) in [6, 6.07) is 0. The number of esters is 2. The Morgan fingerprint density at radius 2 is 1.91 bits per heavy atom. The molecule has 62 valence electrons.